The van der Waals surface area contributed by atoms with E-state index in [9.17, 15) is 0 Å². The van der Waals surface area contributed by atoms with Crippen molar-refractivity contribution in [3.05, 3.63) is 52.4 Å². The molecular weight excluding hydrogens is 306 g/mol. The summed E-state index contributed by atoms with van der Waals surface area (Å²) in [4.78, 5) is 0. The van der Waals surface area contributed by atoms with Gasteiger partial charge in [0.2, 0.25) is 0 Å². The Morgan fingerprint density at radius 1 is 1.37 bits per heavy atom. The number of halogens is 1. The van der Waals surface area contributed by atoms with E-state index in [1.54, 1.807) is 13.4 Å². The quantitative estimate of drug-likeness (QED) is 0.874. The van der Waals surface area contributed by atoms with Crippen LogP contribution in [0.2, 0.25) is 0 Å². The van der Waals surface area contributed by atoms with Crippen LogP contribution < -0.4 is 10.1 Å². The van der Waals surface area contributed by atoms with Crippen LogP contribution in [0.5, 0.6) is 5.75 Å². The fourth-order valence-corrected chi connectivity index (χ4v) is 2.48. The first-order valence-corrected chi connectivity index (χ1v) is 7.13. The van der Waals surface area contributed by atoms with E-state index in [2.05, 4.69) is 34.2 Å². The molecule has 2 aromatic rings. The fraction of sp³-hybridized carbons (Fsp3) is 0.333. The van der Waals surface area contributed by atoms with Crippen molar-refractivity contribution in [2.75, 3.05) is 13.7 Å². The molecule has 0 bridgehead atoms. The molecule has 1 atom stereocenters. The molecule has 0 fully saturated rings. The van der Waals surface area contributed by atoms with Gasteiger partial charge in [0.05, 0.1) is 13.4 Å². The number of rotatable bonds is 6. The topological polar surface area (TPSA) is 34.4 Å². The number of ether oxygens (including phenoxy) is 1. The molecule has 0 saturated carbocycles. The molecule has 3 nitrogen and oxygen atoms in total. The van der Waals surface area contributed by atoms with Crippen LogP contribution in [0, 0.1) is 0 Å². The van der Waals surface area contributed by atoms with E-state index in [0.29, 0.717) is 0 Å². The molecule has 2 rings (SSSR count). The van der Waals surface area contributed by atoms with Crippen molar-refractivity contribution in [3.8, 4) is 5.75 Å². The Balaban J connectivity index is 2.27. The third-order valence-corrected chi connectivity index (χ3v) is 3.50. The van der Waals surface area contributed by atoms with Gasteiger partial charge in [-0.25, -0.2) is 0 Å². The van der Waals surface area contributed by atoms with Crippen LogP contribution in [0.15, 0.2) is 45.5 Å². The number of furan rings is 1. The second-order valence-electron chi connectivity index (χ2n) is 4.28. The Morgan fingerprint density at radius 2 is 2.21 bits per heavy atom. The van der Waals surface area contributed by atoms with Crippen molar-refractivity contribution < 1.29 is 9.15 Å². The Hall–Kier alpha value is -1.26. The van der Waals surface area contributed by atoms with Crippen molar-refractivity contribution in [3.63, 3.8) is 0 Å². The summed E-state index contributed by atoms with van der Waals surface area (Å²) < 4.78 is 11.9. The second kappa shape index (κ2) is 6.78. The first kappa shape index (κ1) is 14.2. The van der Waals surface area contributed by atoms with Gasteiger partial charge in [-0.05, 0) is 30.8 Å². The Labute approximate surface area is 122 Å². The van der Waals surface area contributed by atoms with Crippen molar-refractivity contribution in [2.45, 2.75) is 19.4 Å². The van der Waals surface area contributed by atoms with E-state index in [1.807, 2.05) is 24.3 Å². The highest BCUT2D eigenvalue weighted by Gasteiger charge is 2.17. The molecule has 1 N–H and O–H groups in total. The Morgan fingerprint density at radius 3 is 2.84 bits per heavy atom. The van der Waals surface area contributed by atoms with Crippen LogP contribution in [0.3, 0.4) is 0 Å². The smallest absolute Gasteiger partial charge is 0.124 e. The molecule has 0 amide bonds. The Bertz CT molecular complexity index is 511. The molecule has 4 heteroatoms. The predicted molar refractivity (Wildman–Crippen MR) is 79.5 cm³/mol. The van der Waals surface area contributed by atoms with Crippen LogP contribution in [-0.2, 0) is 6.42 Å². The summed E-state index contributed by atoms with van der Waals surface area (Å²) in [7, 11) is 1.70. The lowest BCUT2D eigenvalue weighted by atomic mass is 10.0. The highest BCUT2D eigenvalue weighted by molar-refractivity contribution is 9.10. The van der Waals surface area contributed by atoms with Crippen LogP contribution in [0.1, 0.15) is 24.3 Å². The number of hydrogen-bond donors (Lipinski definition) is 1. The standard InChI is InChI=1S/C15H18BrNO2/c1-3-17-14(10-12-5-4-8-19-12)13-7-6-11(16)9-15(13)18-2/h4-9,14,17H,3,10H2,1-2H3. The SMILES string of the molecule is CCNC(Cc1ccco1)c1ccc(Br)cc1OC. The van der Waals surface area contributed by atoms with Crippen molar-refractivity contribution in [2.24, 2.45) is 0 Å². The fourth-order valence-electron chi connectivity index (χ4n) is 2.14. The van der Waals surface area contributed by atoms with Gasteiger partial charge in [-0.2, -0.15) is 0 Å². The zero-order chi connectivity index (χ0) is 13.7. The van der Waals surface area contributed by atoms with E-state index in [4.69, 9.17) is 9.15 Å². The lowest BCUT2D eigenvalue weighted by molar-refractivity contribution is 0.393. The van der Waals surface area contributed by atoms with Crippen LogP contribution in [0.4, 0.5) is 0 Å². The van der Waals surface area contributed by atoms with E-state index in [-0.39, 0.29) is 6.04 Å². The first-order chi connectivity index (χ1) is 9.24. The zero-order valence-electron chi connectivity index (χ0n) is 11.2. The Kier molecular flexibility index (Phi) is 5.05. The molecule has 0 aliphatic rings. The highest BCUT2D eigenvalue weighted by atomic mass is 79.9. The van der Waals surface area contributed by atoms with Gasteiger partial charge in [-0.15, -0.1) is 0 Å². The summed E-state index contributed by atoms with van der Waals surface area (Å²) >= 11 is 3.47. The highest BCUT2D eigenvalue weighted by Crippen LogP contribution is 2.30. The molecule has 1 unspecified atom stereocenters. The first-order valence-electron chi connectivity index (χ1n) is 6.33. The number of methoxy groups -OCH3 is 1. The van der Waals surface area contributed by atoms with Gasteiger partial charge in [-0.1, -0.05) is 28.9 Å². The summed E-state index contributed by atoms with van der Waals surface area (Å²) in [6.45, 7) is 2.99. The van der Waals surface area contributed by atoms with Gasteiger partial charge in [0.1, 0.15) is 11.5 Å². The van der Waals surface area contributed by atoms with E-state index >= 15 is 0 Å². The van der Waals surface area contributed by atoms with Gasteiger partial charge in [0, 0.05) is 22.5 Å². The van der Waals surface area contributed by atoms with Gasteiger partial charge >= 0.3 is 0 Å². The second-order valence-corrected chi connectivity index (χ2v) is 5.20. The zero-order valence-corrected chi connectivity index (χ0v) is 12.7. The molecule has 0 spiro atoms. The van der Waals surface area contributed by atoms with E-state index < -0.39 is 0 Å². The molecular formula is C15H18BrNO2. The molecule has 1 heterocycles. The van der Waals surface area contributed by atoms with Gasteiger partial charge in [0.15, 0.2) is 0 Å². The number of hydrogen-bond acceptors (Lipinski definition) is 3. The number of benzene rings is 1. The van der Waals surface area contributed by atoms with Crippen LogP contribution in [-0.4, -0.2) is 13.7 Å². The average Bonchev–Trinajstić information content (AvgIpc) is 2.91. The van der Waals surface area contributed by atoms with Crippen molar-refractivity contribution in [1.82, 2.24) is 5.32 Å². The summed E-state index contributed by atoms with van der Waals surface area (Å²) in [5.41, 5.74) is 1.14. The molecule has 0 aliphatic heterocycles. The molecule has 19 heavy (non-hydrogen) atoms. The molecule has 102 valence electrons. The van der Waals surface area contributed by atoms with E-state index in [1.165, 1.54) is 0 Å². The minimum absolute atomic E-state index is 0.180. The summed E-state index contributed by atoms with van der Waals surface area (Å²) in [5.74, 6) is 1.85. The van der Waals surface area contributed by atoms with Gasteiger partial charge in [-0.3, -0.25) is 0 Å². The molecule has 0 radical (unpaired) electrons. The van der Waals surface area contributed by atoms with E-state index in [0.717, 1.165) is 34.5 Å². The maximum Gasteiger partial charge on any atom is 0.124 e. The maximum atomic E-state index is 5.47. The minimum atomic E-state index is 0.180. The number of nitrogens with one attached hydrogen (secondary N) is 1. The maximum absolute atomic E-state index is 5.47. The minimum Gasteiger partial charge on any atom is -0.496 e. The van der Waals surface area contributed by atoms with Crippen LogP contribution in [0.25, 0.3) is 0 Å². The number of likely N-dealkylation sites (N-methyl/N-ethyl adjacent to an activating group) is 1. The lowest BCUT2D eigenvalue weighted by Gasteiger charge is -2.20. The summed E-state index contributed by atoms with van der Waals surface area (Å²) in [5, 5.41) is 3.48. The molecule has 1 aromatic heterocycles. The molecule has 0 saturated heterocycles. The monoisotopic (exact) mass is 323 g/mol. The molecule has 1 aromatic carbocycles. The third kappa shape index (κ3) is 3.61. The predicted octanol–water partition coefficient (Wildman–Crippen LogP) is 3.94. The van der Waals surface area contributed by atoms with Crippen LogP contribution >= 0.6 is 15.9 Å². The summed E-state index contributed by atoms with van der Waals surface area (Å²) in [6.07, 6.45) is 2.51. The third-order valence-electron chi connectivity index (χ3n) is 3.01. The largest absolute Gasteiger partial charge is 0.496 e. The lowest BCUT2D eigenvalue weighted by Crippen LogP contribution is -2.23. The normalized spacial score (nSPS) is 12.4. The van der Waals surface area contributed by atoms with Gasteiger partial charge < -0.3 is 14.5 Å². The van der Waals surface area contributed by atoms with Crippen molar-refractivity contribution >= 4 is 15.9 Å². The van der Waals surface area contributed by atoms with Crippen molar-refractivity contribution in [1.29, 1.82) is 0 Å². The average molecular weight is 324 g/mol. The molecule has 0 aliphatic carbocycles. The summed E-state index contributed by atoms with van der Waals surface area (Å²) in [6, 6.07) is 10.2. The van der Waals surface area contributed by atoms with Gasteiger partial charge in [0.25, 0.3) is 0 Å².